The number of para-hydroxylation sites is 2. The van der Waals surface area contributed by atoms with Crippen molar-refractivity contribution < 1.29 is 14.3 Å². The first-order valence-corrected chi connectivity index (χ1v) is 8.18. The molecule has 1 saturated heterocycles. The molecule has 5 nitrogen and oxygen atoms in total. The normalized spacial score (nSPS) is 16.9. The Morgan fingerprint density at radius 3 is 2.50 bits per heavy atom. The van der Waals surface area contributed by atoms with E-state index in [4.69, 9.17) is 15.2 Å². The van der Waals surface area contributed by atoms with Crippen molar-refractivity contribution in [3.05, 3.63) is 60.2 Å². The van der Waals surface area contributed by atoms with Gasteiger partial charge in [0.15, 0.2) is 0 Å². The molecule has 0 radical (unpaired) electrons. The summed E-state index contributed by atoms with van der Waals surface area (Å²) < 4.78 is 11.4. The fraction of sp³-hybridized carbons (Fsp3) is 0.316. The summed E-state index contributed by atoms with van der Waals surface area (Å²) in [4.78, 5) is 14.4. The van der Waals surface area contributed by atoms with Crippen LogP contribution in [0, 0.1) is 0 Å². The van der Waals surface area contributed by atoms with Crippen LogP contribution >= 0.6 is 0 Å². The van der Waals surface area contributed by atoms with Crippen LogP contribution in [0.15, 0.2) is 54.6 Å². The smallest absolute Gasteiger partial charge is 0.257 e. The molecule has 0 aliphatic carbocycles. The van der Waals surface area contributed by atoms with Crippen LogP contribution in [0.3, 0.4) is 0 Å². The number of likely N-dealkylation sites (tertiary alicyclic amines) is 1. The number of nitrogens with two attached hydrogens (primary N) is 1. The largest absolute Gasteiger partial charge is 0.490 e. The summed E-state index contributed by atoms with van der Waals surface area (Å²) in [6.07, 6.45) is 0.847. The van der Waals surface area contributed by atoms with Crippen LogP contribution in [-0.4, -0.2) is 43.2 Å². The minimum absolute atomic E-state index is 0.0254. The zero-order valence-electron chi connectivity index (χ0n) is 13.6. The topological polar surface area (TPSA) is 64.8 Å². The second-order valence-electron chi connectivity index (χ2n) is 5.81. The van der Waals surface area contributed by atoms with Gasteiger partial charge >= 0.3 is 0 Å². The van der Waals surface area contributed by atoms with Gasteiger partial charge in [-0.1, -0.05) is 30.3 Å². The second-order valence-corrected chi connectivity index (χ2v) is 5.81. The van der Waals surface area contributed by atoms with Crippen molar-refractivity contribution in [1.29, 1.82) is 0 Å². The SMILES string of the molecule is N[C@H]1CCN(C(=O)c2ccccc2OCCOc2ccccc2)C1. The molecule has 1 aliphatic rings. The van der Waals surface area contributed by atoms with E-state index in [1.54, 1.807) is 11.0 Å². The van der Waals surface area contributed by atoms with E-state index in [0.717, 1.165) is 12.2 Å². The fourth-order valence-corrected chi connectivity index (χ4v) is 2.74. The van der Waals surface area contributed by atoms with Crippen molar-refractivity contribution in [2.45, 2.75) is 12.5 Å². The Morgan fingerprint density at radius 2 is 1.75 bits per heavy atom. The Morgan fingerprint density at radius 1 is 1.04 bits per heavy atom. The third kappa shape index (κ3) is 4.06. The van der Waals surface area contributed by atoms with Gasteiger partial charge in [-0.2, -0.15) is 0 Å². The highest BCUT2D eigenvalue weighted by atomic mass is 16.5. The van der Waals surface area contributed by atoms with Crippen LogP contribution < -0.4 is 15.2 Å². The maximum Gasteiger partial charge on any atom is 0.257 e. The molecular formula is C19H22N2O3. The number of amides is 1. The molecule has 3 rings (SSSR count). The molecule has 0 spiro atoms. The van der Waals surface area contributed by atoms with Crippen LogP contribution in [0.2, 0.25) is 0 Å². The molecule has 0 bridgehead atoms. The van der Waals surface area contributed by atoms with Gasteiger partial charge in [0, 0.05) is 19.1 Å². The predicted molar refractivity (Wildman–Crippen MR) is 92.4 cm³/mol. The highest BCUT2D eigenvalue weighted by Crippen LogP contribution is 2.22. The van der Waals surface area contributed by atoms with Gasteiger partial charge < -0.3 is 20.1 Å². The van der Waals surface area contributed by atoms with E-state index >= 15 is 0 Å². The predicted octanol–water partition coefficient (Wildman–Crippen LogP) is 2.32. The summed E-state index contributed by atoms with van der Waals surface area (Å²) in [5.41, 5.74) is 6.47. The third-order valence-electron chi connectivity index (χ3n) is 3.98. The number of hydrogen-bond acceptors (Lipinski definition) is 4. The van der Waals surface area contributed by atoms with Crippen LogP contribution in [0.4, 0.5) is 0 Å². The zero-order chi connectivity index (χ0) is 16.8. The number of benzene rings is 2. The number of carbonyl (C=O) groups is 1. The maximum absolute atomic E-state index is 12.6. The lowest BCUT2D eigenvalue weighted by atomic mass is 10.2. The third-order valence-corrected chi connectivity index (χ3v) is 3.98. The van der Waals surface area contributed by atoms with Crippen molar-refractivity contribution in [2.75, 3.05) is 26.3 Å². The van der Waals surface area contributed by atoms with E-state index in [2.05, 4.69) is 0 Å². The number of rotatable bonds is 6. The van der Waals surface area contributed by atoms with Gasteiger partial charge in [-0.3, -0.25) is 4.79 Å². The molecule has 0 aromatic heterocycles. The first kappa shape index (κ1) is 16.3. The van der Waals surface area contributed by atoms with Crippen molar-refractivity contribution in [3.63, 3.8) is 0 Å². The van der Waals surface area contributed by atoms with E-state index in [9.17, 15) is 4.79 Å². The molecule has 126 valence electrons. The van der Waals surface area contributed by atoms with Gasteiger partial charge in [0.05, 0.1) is 5.56 Å². The highest BCUT2D eigenvalue weighted by molar-refractivity contribution is 5.97. The van der Waals surface area contributed by atoms with E-state index in [1.165, 1.54) is 0 Å². The average Bonchev–Trinajstić information content (AvgIpc) is 3.06. The van der Waals surface area contributed by atoms with Gasteiger partial charge in [0.2, 0.25) is 0 Å². The number of carbonyl (C=O) groups excluding carboxylic acids is 1. The van der Waals surface area contributed by atoms with E-state index < -0.39 is 0 Å². The minimum Gasteiger partial charge on any atom is -0.490 e. The summed E-state index contributed by atoms with van der Waals surface area (Å²) in [7, 11) is 0. The first-order chi connectivity index (χ1) is 11.7. The molecule has 5 heteroatoms. The number of ether oxygens (including phenoxy) is 2. The summed E-state index contributed by atoms with van der Waals surface area (Å²) in [5.74, 6) is 1.36. The Labute approximate surface area is 142 Å². The lowest BCUT2D eigenvalue weighted by molar-refractivity contribution is 0.0785. The van der Waals surface area contributed by atoms with Crippen molar-refractivity contribution in [2.24, 2.45) is 5.73 Å². The molecule has 0 unspecified atom stereocenters. The highest BCUT2D eigenvalue weighted by Gasteiger charge is 2.26. The summed E-state index contributed by atoms with van der Waals surface area (Å²) >= 11 is 0. The van der Waals surface area contributed by atoms with E-state index in [-0.39, 0.29) is 11.9 Å². The number of hydrogen-bond donors (Lipinski definition) is 1. The van der Waals surface area contributed by atoms with E-state index in [0.29, 0.717) is 37.6 Å². The summed E-state index contributed by atoms with van der Waals surface area (Å²) in [6.45, 7) is 2.09. The number of nitrogens with zero attached hydrogens (tertiary/aromatic N) is 1. The zero-order valence-corrected chi connectivity index (χ0v) is 13.6. The molecular weight excluding hydrogens is 304 g/mol. The Hall–Kier alpha value is -2.53. The molecule has 0 saturated carbocycles. The molecule has 1 heterocycles. The summed E-state index contributed by atoms with van der Waals surface area (Å²) in [6, 6.07) is 17.0. The van der Waals surface area contributed by atoms with E-state index in [1.807, 2.05) is 48.5 Å². The quantitative estimate of drug-likeness (QED) is 0.828. The second kappa shape index (κ2) is 7.84. The molecule has 1 atom stereocenters. The Balaban J connectivity index is 1.57. The molecule has 24 heavy (non-hydrogen) atoms. The van der Waals surface area contributed by atoms with Crippen LogP contribution in [0.5, 0.6) is 11.5 Å². The van der Waals surface area contributed by atoms with Crippen LogP contribution in [0.25, 0.3) is 0 Å². The van der Waals surface area contributed by atoms with Crippen LogP contribution in [0.1, 0.15) is 16.8 Å². The van der Waals surface area contributed by atoms with Gasteiger partial charge in [0.25, 0.3) is 5.91 Å². The molecule has 2 aromatic carbocycles. The van der Waals surface area contributed by atoms with Gasteiger partial charge in [-0.25, -0.2) is 0 Å². The fourth-order valence-electron chi connectivity index (χ4n) is 2.74. The van der Waals surface area contributed by atoms with Gasteiger partial charge in [-0.05, 0) is 30.7 Å². The molecule has 1 amide bonds. The molecule has 1 aliphatic heterocycles. The Kier molecular flexibility index (Phi) is 5.33. The lowest BCUT2D eigenvalue weighted by Gasteiger charge is -2.18. The molecule has 2 aromatic rings. The lowest BCUT2D eigenvalue weighted by Crippen LogP contribution is -2.32. The van der Waals surface area contributed by atoms with Crippen molar-refractivity contribution in [3.8, 4) is 11.5 Å². The molecule has 1 fully saturated rings. The monoisotopic (exact) mass is 326 g/mol. The standard InChI is InChI=1S/C19H22N2O3/c20-15-10-11-21(14-15)19(22)17-8-4-5-9-18(17)24-13-12-23-16-6-2-1-3-7-16/h1-9,15H,10-14,20H2/t15-/m0/s1. The average molecular weight is 326 g/mol. The van der Waals surface area contributed by atoms with Crippen molar-refractivity contribution >= 4 is 5.91 Å². The molecule has 2 N–H and O–H groups in total. The first-order valence-electron chi connectivity index (χ1n) is 8.18. The van der Waals surface area contributed by atoms with Gasteiger partial charge in [-0.15, -0.1) is 0 Å². The van der Waals surface area contributed by atoms with Crippen LogP contribution in [-0.2, 0) is 0 Å². The van der Waals surface area contributed by atoms with Gasteiger partial charge in [0.1, 0.15) is 24.7 Å². The summed E-state index contributed by atoms with van der Waals surface area (Å²) in [5, 5.41) is 0. The maximum atomic E-state index is 12.6. The minimum atomic E-state index is -0.0254. The Bertz CT molecular complexity index is 675. The van der Waals surface area contributed by atoms with Crippen molar-refractivity contribution in [1.82, 2.24) is 4.90 Å².